The molecule has 0 aliphatic carbocycles. The highest BCUT2D eigenvalue weighted by Gasteiger charge is 2.04. The van der Waals surface area contributed by atoms with Gasteiger partial charge in [-0.2, -0.15) is 0 Å². The van der Waals surface area contributed by atoms with Crippen molar-refractivity contribution in [3.05, 3.63) is 38.0 Å². The van der Waals surface area contributed by atoms with Crippen LogP contribution in [-0.2, 0) is 7.05 Å². The Bertz CT molecular complexity index is 617. The first-order chi connectivity index (χ1) is 6.59. The Morgan fingerprint density at radius 2 is 2.13 bits per heavy atom. The molecular formula is C8H7Cl2N3O2. The second-order valence-electron chi connectivity index (χ2n) is 2.84. The minimum Gasteiger partial charge on any atom is -0.304 e. The lowest BCUT2D eigenvalue weighted by Gasteiger charge is -2.02. The number of hydrogen-bond donors (Lipinski definition) is 1. The van der Waals surface area contributed by atoms with Crippen molar-refractivity contribution in [2.24, 2.45) is 7.05 Å². The molecule has 0 atom stereocenters. The van der Waals surface area contributed by atoms with Gasteiger partial charge in [0.25, 0.3) is 0 Å². The number of nitrogens with zero attached hydrogens (tertiary/aromatic N) is 2. The Labute approximate surface area is 95.1 Å². The van der Waals surface area contributed by atoms with E-state index in [4.69, 9.17) is 11.6 Å². The van der Waals surface area contributed by atoms with Gasteiger partial charge in [0.1, 0.15) is 0 Å². The second-order valence-corrected chi connectivity index (χ2v) is 3.28. The summed E-state index contributed by atoms with van der Waals surface area (Å²) in [5.41, 5.74) is -0.458. The van der Waals surface area contributed by atoms with Gasteiger partial charge in [-0.15, -0.1) is 12.4 Å². The quantitative estimate of drug-likeness (QED) is 0.697. The number of nitrogens with one attached hydrogen (secondary N) is 1. The van der Waals surface area contributed by atoms with Crippen LogP contribution in [-0.4, -0.2) is 14.5 Å². The summed E-state index contributed by atoms with van der Waals surface area (Å²) in [6.07, 6.45) is 1.41. The summed E-state index contributed by atoms with van der Waals surface area (Å²) in [4.78, 5) is 28.6. The first-order valence-corrected chi connectivity index (χ1v) is 4.22. The van der Waals surface area contributed by atoms with Crippen molar-refractivity contribution in [2.45, 2.75) is 0 Å². The number of aromatic amines is 1. The van der Waals surface area contributed by atoms with Crippen LogP contribution >= 0.6 is 24.0 Å². The maximum Gasteiger partial charge on any atom is 0.316 e. The second kappa shape index (κ2) is 4.04. The van der Waals surface area contributed by atoms with Gasteiger partial charge < -0.3 is 9.55 Å². The minimum atomic E-state index is -0.685. The van der Waals surface area contributed by atoms with Crippen LogP contribution in [0.25, 0.3) is 11.2 Å². The van der Waals surface area contributed by atoms with Gasteiger partial charge in [0.15, 0.2) is 5.65 Å². The van der Waals surface area contributed by atoms with Gasteiger partial charge in [-0.05, 0) is 6.07 Å². The third-order valence-electron chi connectivity index (χ3n) is 1.93. The van der Waals surface area contributed by atoms with Crippen molar-refractivity contribution >= 4 is 35.2 Å². The lowest BCUT2D eigenvalue weighted by Crippen LogP contribution is -2.35. The number of halogens is 2. The Morgan fingerprint density at radius 3 is 2.80 bits per heavy atom. The highest BCUT2D eigenvalue weighted by molar-refractivity contribution is 6.30. The zero-order valence-corrected chi connectivity index (χ0v) is 9.22. The molecule has 2 heterocycles. The van der Waals surface area contributed by atoms with Gasteiger partial charge in [-0.3, -0.25) is 9.59 Å². The van der Waals surface area contributed by atoms with Crippen LogP contribution in [0, 0.1) is 0 Å². The molecule has 0 amide bonds. The lowest BCUT2D eigenvalue weighted by molar-refractivity contribution is 0.868. The van der Waals surface area contributed by atoms with Crippen molar-refractivity contribution in [1.82, 2.24) is 14.5 Å². The van der Waals surface area contributed by atoms with Crippen molar-refractivity contribution < 1.29 is 0 Å². The molecule has 0 bridgehead atoms. The molecular weight excluding hydrogens is 241 g/mol. The Balaban J connectivity index is 0.00000112. The van der Waals surface area contributed by atoms with Gasteiger partial charge in [0.2, 0.25) is 0 Å². The first kappa shape index (κ1) is 11.7. The molecule has 2 aromatic heterocycles. The van der Waals surface area contributed by atoms with Crippen LogP contribution in [0.15, 0.2) is 21.9 Å². The molecule has 0 radical (unpaired) electrons. The highest BCUT2D eigenvalue weighted by Crippen LogP contribution is 2.11. The number of aryl methyl sites for hydroxylation is 1. The fourth-order valence-corrected chi connectivity index (χ4v) is 1.36. The Kier molecular flexibility index (Phi) is 3.16. The van der Waals surface area contributed by atoms with Gasteiger partial charge in [0, 0.05) is 13.2 Å². The van der Waals surface area contributed by atoms with E-state index in [1.165, 1.54) is 17.8 Å². The number of fused-ring (bicyclic) bond motifs is 1. The van der Waals surface area contributed by atoms with Crippen LogP contribution in [0.4, 0.5) is 0 Å². The molecule has 0 spiro atoms. The third kappa shape index (κ3) is 1.88. The van der Waals surface area contributed by atoms with Gasteiger partial charge in [-0.25, -0.2) is 4.98 Å². The maximum absolute atomic E-state index is 11.2. The summed E-state index contributed by atoms with van der Waals surface area (Å²) in [5, 5.41) is 0.416. The van der Waals surface area contributed by atoms with Crippen LogP contribution < -0.4 is 11.1 Å². The van der Waals surface area contributed by atoms with Crippen LogP contribution in [0.5, 0.6) is 0 Å². The molecule has 0 aliphatic heterocycles. The van der Waals surface area contributed by atoms with E-state index >= 15 is 0 Å². The Morgan fingerprint density at radius 1 is 1.47 bits per heavy atom. The highest BCUT2D eigenvalue weighted by atomic mass is 35.5. The predicted molar refractivity (Wildman–Crippen MR) is 59.9 cm³/mol. The third-order valence-corrected chi connectivity index (χ3v) is 2.13. The predicted octanol–water partition coefficient (Wildman–Crippen LogP) is 0.697. The molecule has 5 nitrogen and oxygen atoms in total. The average Bonchev–Trinajstić information content (AvgIpc) is 2.16. The van der Waals surface area contributed by atoms with E-state index in [2.05, 4.69) is 9.97 Å². The van der Waals surface area contributed by atoms with E-state index in [1.54, 1.807) is 6.07 Å². The van der Waals surface area contributed by atoms with E-state index in [1.807, 2.05) is 0 Å². The van der Waals surface area contributed by atoms with E-state index < -0.39 is 11.1 Å². The summed E-state index contributed by atoms with van der Waals surface area (Å²) >= 11 is 5.71. The molecule has 80 valence electrons. The molecule has 0 saturated carbocycles. The Hall–Kier alpha value is -1.33. The molecule has 0 unspecified atom stereocenters. The van der Waals surface area contributed by atoms with Crippen molar-refractivity contribution in [1.29, 1.82) is 0 Å². The molecule has 2 aromatic rings. The summed E-state index contributed by atoms with van der Waals surface area (Å²) in [6.45, 7) is 0. The van der Waals surface area contributed by atoms with E-state index in [-0.39, 0.29) is 12.4 Å². The van der Waals surface area contributed by atoms with Gasteiger partial charge in [0.05, 0.1) is 10.5 Å². The fourth-order valence-electron chi connectivity index (χ4n) is 1.20. The molecule has 0 aromatic carbocycles. The lowest BCUT2D eigenvalue weighted by atomic mass is 10.4. The minimum absolute atomic E-state index is 0. The van der Waals surface area contributed by atoms with E-state index in [9.17, 15) is 9.59 Å². The summed E-state index contributed by atoms with van der Waals surface area (Å²) in [7, 11) is 1.50. The van der Waals surface area contributed by atoms with Crippen molar-refractivity contribution in [3.8, 4) is 0 Å². The first-order valence-electron chi connectivity index (χ1n) is 3.84. The summed E-state index contributed by atoms with van der Waals surface area (Å²) in [5.74, 6) is 0. The van der Waals surface area contributed by atoms with Gasteiger partial charge in [-0.1, -0.05) is 11.6 Å². The van der Waals surface area contributed by atoms with Crippen molar-refractivity contribution in [3.63, 3.8) is 0 Å². The van der Waals surface area contributed by atoms with Crippen LogP contribution in [0.1, 0.15) is 0 Å². The molecule has 1 N–H and O–H groups in total. The zero-order valence-electron chi connectivity index (χ0n) is 7.65. The van der Waals surface area contributed by atoms with Crippen LogP contribution in [0.3, 0.4) is 0 Å². The van der Waals surface area contributed by atoms with Crippen LogP contribution in [0.2, 0.25) is 5.02 Å². The van der Waals surface area contributed by atoms with E-state index in [0.29, 0.717) is 16.2 Å². The molecule has 0 fully saturated rings. The molecule has 7 heteroatoms. The number of pyridine rings is 1. The fraction of sp³-hybridized carbons (Fsp3) is 0.125. The average molecular weight is 248 g/mol. The van der Waals surface area contributed by atoms with Gasteiger partial charge >= 0.3 is 11.1 Å². The number of H-pyrrole nitrogens is 1. The number of aromatic nitrogens is 3. The normalized spacial score (nSPS) is 10.0. The number of rotatable bonds is 0. The summed E-state index contributed by atoms with van der Waals surface area (Å²) < 4.78 is 1.22. The largest absolute Gasteiger partial charge is 0.316 e. The van der Waals surface area contributed by atoms with Crippen molar-refractivity contribution in [2.75, 3.05) is 0 Å². The topological polar surface area (TPSA) is 67.8 Å². The summed E-state index contributed by atoms with van der Waals surface area (Å²) in [6, 6.07) is 1.57. The molecule has 2 rings (SSSR count). The monoisotopic (exact) mass is 247 g/mol. The molecule has 0 aliphatic rings. The smallest absolute Gasteiger partial charge is 0.304 e. The van der Waals surface area contributed by atoms with E-state index in [0.717, 1.165) is 0 Å². The molecule has 15 heavy (non-hydrogen) atoms. The molecule has 0 saturated heterocycles. The maximum atomic E-state index is 11.2. The SMILES string of the molecule is Cl.Cn1c(=O)c(=O)[nH]c2ncc(Cl)cc21. The zero-order chi connectivity index (χ0) is 10.3. The standard InChI is InChI=1S/C8H6ClN3O2.ClH/c1-12-5-2-4(9)3-10-6(5)11-7(13)8(12)14;/h2-3H,1H3,(H,10,11,13);1H. The number of hydrogen-bond acceptors (Lipinski definition) is 3.